The van der Waals surface area contributed by atoms with Crippen molar-refractivity contribution in [3.8, 4) is 0 Å². The molecular formula is C12H21NOS. The SMILES string of the molecule is CC(C)(C)C(CCO)NCc1cccs1. The lowest BCUT2D eigenvalue weighted by Gasteiger charge is -2.31. The predicted octanol–water partition coefficient (Wildman–Crippen LogP) is 2.63. The van der Waals surface area contributed by atoms with Crippen molar-refractivity contribution in [1.29, 1.82) is 0 Å². The lowest BCUT2D eigenvalue weighted by molar-refractivity contribution is 0.197. The molecule has 0 spiro atoms. The molecule has 0 aliphatic heterocycles. The molecule has 0 amide bonds. The van der Waals surface area contributed by atoms with E-state index in [0.29, 0.717) is 6.04 Å². The van der Waals surface area contributed by atoms with Crippen LogP contribution in [0.2, 0.25) is 0 Å². The van der Waals surface area contributed by atoms with Crippen LogP contribution in [0.25, 0.3) is 0 Å². The zero-order valence-electron chi connectivity index (χ0n) is 9.79. The van der Waals surface area contributed by atoms with E-state index in [1.165, 1.54) is 4.88 Å². The molecule has 86 valence electrons. The Morgan fingerprint density at radius 1 is 1.47 bits per heavy atom. The summed E-state index contributed by atoms with van der Waals surface area (Å²) in [5.41, 5.74) is 0.194. The van der Waals surface area contributed by atoms with E-state index in [0.717, 1.165) is 13.0 Å². The Hall–Kier alpha value is -0.380. The molecule has 0 aliphatic carbocycles. The largest absolute Gasteiger partial charge is 0.396 e. The van der Waals surface area contributed by atoms with Gasteiger partial charge in [0.25, 0.3) is 0 Å². The first kappa shape index (κ1) is 12.7. The third-order valence-electron chi connectivity index (χ3n) is 2.57. The van der Waals surface area contributed by atoms with Gasteiger partial charge in [0.15, 0.2) is 0 Å². The van der Waals surface area contributed by atoms with Crippen molar-refractivity contribution in [3.63, 3.8) is 0 Å². The summed E-state index contributed by atoms with van der Waals surface area (Å²) in [4.78, 5) is 1.35. The molecule has 2 N–H and O–H groups in total. The molecule has 0 saturated carbocycles. The van der Waals surface area contributed by atoms with Crippen molar-refractivity contribution in [2.75, 3.05) is 6.61 Å². The summed E-state index contributed by atoms with van der Waals surface area (Å²) in [6.45, 7) is 7.76. The number of thiophene rings is 1. The maximum atomic E-state index is 9.02. The first-order valence-corrected chi connectivity index (χ1v) is 6.28. The van der Waals surface area contributed by atoms with Crippen LogP contribution in [0.1, 0.15) is 32.1 Å². The normalized spacial score (nSPS) is 14.1. The van der Waals surface area contributed by atoms with Crippen molar-refractivity contribution < 1.29 is 5.11 Å². The van der Waals surface area contributed by atoms with E-state index in [1.54, 1.807) is 11.3 Å². The average molecular weight is 227 g/mol. The summed E-state index contributed by atoms with van der Waals surface area (Å²) < 4.78 is 0. The Kier molecular flexibility index (Phi) is 4.77. The molecule has 0 bridgehead atoms. The van der Waals surface area contributed by atoms with Crippen molar-refractivity contribution >= 4 is 11.3 Å². The molecule has 1 aromatic rings. The lowest BCUT2D eigenvalue weighted by Crippen LogP contribution is -2.40. The zero-order valence-corrected chi connectivity index (χ0v) is 10.6. The summed E-state index contributed by atoms with van der Waals surface area (Å²) in [5.74, 6) is 0. The van der Waals surface area contributed by atoms with Gasteiger partial charge in [-0.15, -0.1) is 11.3 Å². The molecule has 15 heavy (non-hydrogen) atoms. The van der Waals surface area contributed by atoms with Gasteiger partial charge in [0, 0.05) is 24.1 Å². The molecule has 0 radical (unpaired) electrons. The fourth-order valence-electron chi connectivity index (χ4n) is 1.61. The van der Waals surface area contributed by atoms with Crippen LogP contribution in [0.15, 0.2) is 17.5 Å². The highest BCUT2D eigenvalue weighted by atomic mass is 32.1. The van der Waals surface area contributed by atoms with Crippen molar-refractivity contribution in [2.45, 2.75) is 39.8 Å². The van der Waals surface area contributed by atoms with Crippen LogP contribution in [-0.4, -0.2) is 17.8 Å². The first-order chi connectivity index (χ1) is 7.04. The summed E-state index contributed by atoms with van der Waals surface area (Å²) in [5, 5.41) is 14.6. The highest BCUT2D eigenvalue weighted by molar-refractivity contribution is 7.09. The van der Waals surface area contributed by atoms with E-state index in [2.05, 4.69) is 43.6 Å². The second-order valence-electron chi connectivity index (χ2n) is 4.89. The van der Waals surface area contributed by atoms with Crippen LogP contribution in [0, 0.1) is 5.41 Å². The highest BCUT2D eigenvalue weighted by Crippen LogP contribution is 2.22. The lowest BCUT2D eigenvalue weighted by atomic mass is 9.85. The quantitative estimate of drug-likeness (QED) is 0.810. The molecular weight excluding hydrogens is 206 g/mol. The number of hydrogen-bond acceptors (Lipinski definition) is 3. The second kappa shape index (κ2) is 5.64. The van der Waals surface area contributed by atoms with Crippen LogP contribution in [-0.2, 0) is 6.54 Å². The molecule has 1 aromatic heterocycles. The van der Waals surface area contributed by atoms with Crippen LogP contribution in [0.5, 0.6) is 0 Å². The molecule has 2 nitrogen and oxygen atoms in total. The minimum atomic E-state index is 0.194. The average Bonchev–Trinajstić information content (AvgIpc) is 2.62. The third-order valence-corrected chi connectivity index (χ3v) is 3.44. The number of nitrogens with one attached hydrogen (secondary N) is 1. The monoisotopic (exact) mass is 227 g/mol. The highest BCUT2D eigenvalue weighted by Gasteiger charge is 2.23. The molecule has 1 unspecified atom stereocenters. The fraction of sp³-hybridized carbons (Fsp3) is 0.667. The second-order valence-corrected chi connectivity index (χ2v) is 5.92. The van der Waals surface area contributed by atoms with Crippen LogP contribution < -0.4 is 5.32 Å². The molecule has 0 fully saturated rings. The Labute approximate surface area is 96.3 Å². The van der Waals surface area contributed by atoms with E-state index < -0.39 is 0 Å². The van der Waals surface area contributed by atoms with Crippen LogP contribution >= 0.6 is 11.3 Å². The molecule has 1 heterocycles. The standard InChI is InChI=1S/C12H21NOS/c1-12(2,3)11(6-7-14)13-9-10-5-4-8-15-10/h4-5,8,11,13-14H,6-7,9H2,1-3H3. The van der Waals surface area contributed by atoms with Gasteiger partial charge in [-0.25, -0.2) is 0 Å². The number of aliphatic hydroxyl groups is 1. The van der Waals surface area contributed by atoms with E-state index in [9.17, 15) is 0 Å². The van der Waals surface area contributed by atoms with Gasteiger partial charge >= 0.3 is 0 Å². The molecule has 0 saturated heterocycles. The van der Waals surface area contributed by atoms with Gasteiger partial charge in [0.1, 0.15) is 0 Å². The third kappa shape index (κ3) is 4.33. The summed E-state index contributed by atoms with van der Waals surface area (Å²) in [7, 11) is 0. The minimum Gasteiger partial charge on any atom is -0.396 e. The van der Waals surface area contributed by atoms with Crippen LogP contribution in [0.3, 0.4) is 0 Å². The maximum Gasteiger partial charge on any atom is 0.0446 e. The zero-order chi connectivity index (χ0) is 11.3. The fourth-order valence-corrected chi connectivity index (χ4v) is 2.26. The van der Waals surface area contributed by atoms with Crippen molar-refractivity contribution in [3.05, 3.63) is 22.4 Å². The molecule has 1 atom stereocenters. The number of rotatable bonds is 5. The summed E-state index contributed by atoms with van der Waals surface area (Å²) >= 11 is 1.77. The number of aliphatic hydroxyl groups excluding tert-OH is 1. The Morgan fingerprint density at radius 2 is 2.20 bits per heavy atom. The van der Waals surface area contributed by atoms with Crippen molar-refractivity contribution in [2.24, 2.45) is 5.41 Å². The summed E-state index contributed by atoms with van der Waals surface area (Å²) in [6, 6.07) is 4.57. The number of hydrogen-bond donors (Lipinski definition) is 2. The smallest absolute Gasteiger partial charge is 0.0446 e. The van der Waals surface area contributed by atoms with Gasteiger partial charge in [-0.05, 0) is 23.3 Å². The van der Waals surface area contributed by atoms with Gasteiger partial charge in [-0.3, -0.25) is 0 Å². The predicted molar refractivity (Wildman–Crippen MR) is 66.1 cm³/mol. The van der Waals surface area contributed by atoms with Crippen molar-refractivity contribution in [1.82, 2.24) is 5.32 Å². The van der Waals surface area contributed by atoms with E-state index in [4.69, 9.17) is 5.11 Å². The first-order valence-electron chi connectivity index (χ1n) is 5.40. The minimum absolute atomic E-state index is 0.194. The summed E-state index contributed by atoms with van der Waals surface area (Å²) in [6.07, 6.45) is 0.814. The van der Waals surface area contributed by atoms with Gasteiger partial charge in [-0.1, -0.05) is 26.8 Å². The van der Waals surface area contributed by atoms with Gasteiger partial charge in [0.05, 0.1) is 0 Å². The Morgan fingerprint density at radius 3 is 2.67 bits per heavy atom. The van der Waals surface area contributed by atoms with Gasteiger partial charge in [-0.2, -0.15) is 0 Å². The van der Waals surface area contributed by atoms with Gasteiger partial charge < -0.3 is 10.4 Å². The molecule has 0 aromatic carbocycles. The van der Waals surface area contributed by atoms with E-state index >= 15 is 0 Å². The Balaban J connectivity index is 2.45. The van der Waals surface area contributed by atoms with Crippen LogP contribution in [0.4, 0.5) is 0 Å². The van der Waals surface area contributed by atoms with E-state index in [-0.39, 0.29) is 12.0 Å². The molecule has 0 aliphatic rings. The molecule has 1 rings (SSSR count). The van der Waals surface area contributed by atoms with Gasteiger partial charge in [0.2, 0.25) is 0 Å². The molecule has 3 heteroatoms. The van der Waals surface area contributed by atoms with E-state index in [1.807, 2.05) is 0 Å². The maximum absolute atomic E-state index is 9.02. The topological polar surface area (TPSA) is 32.3 Å². The Bertz CT molecular complexity index is 264.